The van der Waals surface area contributed by atoms with E-state index >= 15 is 0 Å². The third-order valence-corrected chi connectivity index (χ3v) is 10.0. The molecule has 8 nitrogen and oxygen atoms in total. The highest BCUT2D eigenvalue weighted by Gasteiger charge is 2.65. The summed E-state index contributed by atoms with van der Waals surface area (Å²) in [6.07, 6.45) is 4.70. The van der Waals surface area contributed by atoms with Crippen molar-refractivity contribution in [1.82, 2.24) is 15.1 Å². The molecule has 1 heterocycles. The summed E-state index contributed by atoms with van der Waals surface area (Å²) in [6, 6.07) is 0.329. The number of carbonyl (C=O) groups is 2. The lowest BCUT2D eigenvalue weighted by atomic mass is 9.70. The first-order chi connectivity index (χ1) is 14.5. The van der Waals surface area contributed by atoms with Crippen LogP contribution < -0.4 is 5.32 Å². The van der Waals surface area contributed by atoms with Crippen molar-refractivity contribution < 1.29 is 22.2 Å². The Morgan fingerprint density at radius 1 is 1.16 bits per heavy atom. The quantitative estimate of drug-likeness (QED) is 0.634. The van der Waals surface area contributed by atoms with Crippen LogP contribution in [-0.2, 0) is 19.1 Å². The second-order valence-corrected chi connectivity index (χ2v) is 12.3. The molecule has 0 aromatic heterocycles. The minimum Gasteiger partial charge on any atom is -0.328 e. The molecular weight excluding hydrogens is 418 g/mol. The first kappa shape index (κ1) is 23.0. The molecule has 4 rings (SSSR count). The van der Waals surface area contributed by atoms with Crippen LogP contribution in [-0.4, -0.2) is 81.2 Å². The number of Topliss-reactive ketones (excluding diaryl/α,β-unsaturated/α-hetero) is 1. The van der Waals surface area contributed by atoms with Gasteiger partial charge in [0.25, 0.3) is 0 Å². The summed E-state index contributed by atoms with van der Waals surface area (Å²) in [5, 5.41) is 2.79. The fourth-order valence-corrected chi connectivity index (χ4v) is 8.18. The average Bonchev–Trinajstić information content (AvgIpc) is 3.02. The third kappa shape index (κ3) is 4.37. The molecule has 0 spiro atoms. The van der Waals surface area contributed by atoms with Crippen LogP contribution in [0, 0.1) is 16.7 Å². The first-order valence-electron chi connectivity index (χ1n) is 11.7. The number of carbonyl (C=O) groups excluding carboxylic acids is 2. The lowest BCUT2D eigenvalue weighted by molar-refractivity contribution is -0.128. The molecule has 1 N–H and O–H groups in total. The molecule has 9 heteroatoms. The van der Waals surface area contributed by atoms with Crippen molar-refractivity contribution in [3.63, 3.8) is 0 Å². The Labute approximate surface area is 186 Å². The summed E-state index contributed by atoms with van der Waals surface area (Å²) < 4.78 is 30.4. The van der Waals surface area contributed by atoms with E-state index < -0.39 is 27.4 Å². The predicted octanol–water partition coefficient (Wildman–Crippen LogP) is 2.00. The average molecular weight is 456 g/mol. The molecule has 0 unspecified atom stereocenters. The van der Waals surface area contributed by atoms with E-state index in [-0.39, 0.29) is 23.2 Å². The molecule has 4 fully saturated rings. The highest BCUT2D eigenvalue weighted by Crippen LogP contribution is 2.64. The number of nitrogens with zero attached hydrogens (tertiary/aromatic N) is 2. The van der Waals surface area contributed by atoms with Gasteiger partial charge in [0.2, 0.25) is 0 Å². The van der Waals surface area contributed by atoms with Crippen LogP contribution in [0.3, 0.4) is 0 Å². The molecular formula is C22H37N3O5S. The minimum atomic E-state index is -4.15. The van der Waals surface area contributed by atoms with Crippen LogP contribution in [0.2, 0.25) is 0 Å². The molecule has 1 aliphatic heterocycles. The van der Waals surface area contributed by atoms with Gasteiger partial charge in [-0.15, -0.1) is 0 Å². The molecule has 1 amide bonds. The summed E-state index contributed by atoms with van der Waals surface area (Å²) in [5.74, 6) is -0.175. The van der Waals surface area contributed by atoms with E-state index in [0.717, 1.165) is 58.3 Å². The fraction of sp³-hybridized carbons (Fsp3) is 0.909. The Bertz CT molecular complexity index is 821. The molecule has 0 radical (unpaired) electrons. The van der Waals surface area contributed by atoms with Crippen LogP contribution in [0.15, 0.2) is 0 Å². The van der Waals surface area contributed by atoms with Gasteiger partial charge in [0.15, 0.2) is 0 Å². The zero-order valence-electron chi connectivity index (χ0n) is 19.1. The Balaban J connectivity index is 1.32. The minimum absolute atomic E-state index is 0.00336. The normalized spacial score (nSPS) is 36.5. The maximum absolute atomic E-state index is 12.7. The zero-order chi connectivity index (χ0) is 22.4. The van der Waals surface area contributed by atoms with Gasteiger partial charge in [-0.1, -0.05) is 13.8 Å². The summed E-state index contributed by atoms with van der Waals surface area (Å²) >= 11 is 0. The van der Waals surface area contributed by atoms with Crippen molar-refractivity contribution in [3.05, 3.63) is 0 Å². The molecule has 4 aliphatic rings. The number of fused-ring (bicyclic) bond motifs is 2. The van der Waals surface area contributed by atoms with Crippen LogP contribution >= 0.6 is 0 Å². The summed E-state index contributed by atoms with van der Waals surface area (Å²) in [5.41, 5.74) is -1.30. The van der Waals surface area contributed by atoms with Crippen molar-refractivity contribution in [2.75, 3.05) is 39.0 Å². The molecule has 3 saturated carbocycles. The monoisotopic (exact) mass is 455 g/mol. The van der Waals surface area contributed by atoms with Crippen LogP contribution in [0.5, 0.6) is 0 Å². The van der Waals surface area contributed by atoms with Crippen LogP contribution in [0.25, 0.3) is 0 Å². The van der Waals surface area contributed by atoms with Crippen LogP contribution in [0.1, 0.15) is 58.8 Å². The van der Waals surface area contributed by atoms with Gasteiger partial charge in [0, 0.05) is 44.7 Å². The lowest BCUT2D eigenvalue weighted by Crippen LogP contribution is -2.52. The van der Waals surface area contributed by atoms with E-state index in [1.165, 1.54) is 0 Å². The Hall–Kier alpha value is -1.19. The van der Waals surface area contributed by atoms with Crippen molar-refractivity contribution in [1.29, 1.82) is 0 Å². The number of rotatable bonds is 5. The van der Waals surface area contributed by atoms with Gasteiger partial charge in [-0.3, -0.25) is 9.69 Å². The summed E-state index contributed by atoms with van der Waals surface area (Å²) in [7, 11) is -2.02. The molecule has 3 aliphatic carbocycles. The number of ketones is 1. The smallest absolute Gasteiger partial charge is 0.328 e. The third-order valence-electron chi connectivity index (χ3n) is 8.79. The van der Waals surface area contributed by atoms with E-state index in [1.807, 2.05) is 13.8 Å². The lowest BCUT2D eigenvalue weighted by Gasteiger charge is -2.41. The van der Waals surface area contributed by atoms with Gasteiger partial charge in [0.05, 0.1) is 11.2 Å². The summed E-state index contributed by atoms with van der Waals surface area (Å²) in [4.78, 5) is 29.9. The highest BCUT2D eigenvalue weighted by molar-refractivity contribution is 7.87. The largest absolute Gasteiger partial charge is 0.423 e. The fourth-order valence-electron chi connectivity index (χ4n) is 6.56. The van der Waals surface area contributed by atoms with Crippen molar-refractivity contribution in [3.8, 4) is 0 Å². The number of hydrogen-bond donors (Lipinski definition) is 1. The van der Waals surface area contributed by atoms with Crippen molar-refractivity contribution in [2.45, 2.75) is 70.9 Å². The number of likely N-dealkylation sites (N-methyl/N-ethyl adjacent to an activating group) is 1. The Kier molecular flexibility index (Phi) is 6.15. The molecule has 0 aromatic carbocycles. The van der Waals surface area contributed by atoms with E-state index in [0.29, 0.717) is 18.9 Å². The SMILES string of the molecule is CN1CCN([C@@H]2CCC[C@H](NC(=O)OS(=O)(=O)C[C@]34CC[C@H](CC3=O)C4(C)C)C2)CC1. The predicted molar refractivity (Wildman–Crippen MR) is 117 cm³/mol. The van der Waals surface area contributed by atoms with E-state index in [9.17, 15) is 18.0 Å². The van der Waals surface area contributed by atoms with Crippen molar-refractivity contribution in [2.24, 2.45) is 16.7 Å². The van der Waals surface area contributed by atoms with Crippen molar-refractivity contribution >= 4 is 22.0 Å². The first-order valence-corrected chi connectivity index (χ1v) is 13.3. The Morgan fingerprint density at radius 3 is 2.48 bits per heavy atom. The second kappa shape index (κ2) is 8.30. The maximum atomic E-state index is 12.7. The van der Waals surface area contributed by atoms with Crippen LogP contribution in [0.4, 0.5) is 4.79 Å². The molecule has 2 bridgehead atoms. The number of nitrogens with one attached hydrogen (secondary N) is 1. The maximum Gasteiger partial charge on any atom is 0.423 e. The number of amides is 1. The highest BCUT2D eigenvalue weighted by atomic mass is 32.2. The van der Waals surface area contributed by atoms with E-state index in [1.54, 1.807) is 0 Å². The number of piperazine rings is 1. The topological polar surface area (TPSA) is 96.0 Å². The van der Waals surface area contributed by atoms with Gasteiger partial charge in [0.1, 0.15) is 5.78 Å². The molecule has 4 atom stereocenters. The van der Waals surface area contributed by atoms with Gasteiger partial charge in [-0.25, -0.2) is 4.79 Å². The Morgan fingerprint density at radius 2 is 1.87 bits per heavy atom. The molecule has 176 valence electrons. The second-order valence-electron chi connectivity index (χ2n) is 10.7. The van der Waals surface area contributed by atoms with Gasteiger partial charge >= 0.3 is 16.2 Å². The zero-order valence-corrected chi connectivity index (χ0v) is 19.9. The van der Waals surface area contributed by atoms with Gasteiger partial charge in [-0.2, -0.15) is 8.42 Å². The number of hydrogen-bond acceptors (Lipinski definition) is 7. The molecule has 0 aromatic rings. The van der Waals surface area contributed by atoms with E-state index in [2.05, 4.69) is 22.2 Å². The van der Waals surface area contributed by atoms with Gasteiger partial charge in [-0.05, 0) is 56.9 Å². The molecule has 31 heavy (non-hydrogen) atoms. The standard InChI is InChI=1S/C22H37N3O5S/c1-21(2)16-7-8-22(21,19(26)13-16)15-31(28,29)30-20(27)23-17-5-4-6-18(14-17)25-11-9-24(3)10-12-25/h16-18H,4-15H2,1-3H3,(H,23,27)/t16-,17+,18-,22-/m1/s1. The van der Waals surface area contributed by atoms with E-state index in [4.69, 9.17) is 4.18 Å². The van der Waals surface area contributed by atoms with Gasteiger partial charge < -0.3 is 14.4 Å². The summed E-state index contributed by atoms with van der Waals surface area (Å²) in [6.45, 7) is 8.11. The molecule has 1 saturated heterocycles.